The highest BCUT2D eigenvalue weighted by Crippen LogP contribution is 2.29. The van der Waals surface area contributed by atoms with Crippen molar-refractivity contribution in [2.75, 3.05) is 11.9 Å². The summed E-state index contributed by atoms with van der Waals surface area (Å²) in [7, 11) is 4.04. The zero-order valence-electron chi connectivity index (χ0n) is 15.1. The number of anilines is 2. The molecule has 126 valence electrons. The van der Waals surface area contributed by atoms with Crippen molar-refractivity contribution in [2.24, 2.45) is 7.05 Å². The zero-order valence-corrected chi connectivity index (χ0v) is 15.1. The van der Waals surface area contributed by atoms with E-state index >= 15 is 0 Å². The number of aromatic nitrogens is 4. The molecule has 0 fully saturated rings. The summed E-state index contributed by atoms with van der Waals surface area (Å²) < 4.78 is 2.01. The van der Waals surface area contributed by atoms with E-state index in [0.29, 0.717) is 5.92 Å². The fourth-order valence-electron chi connectivity index (χ4n) is 2.90. The quantitative estimate of drug-likeness (QED) is 0.706. The Morgan fingerprint density at radius 2 is 1.92 bits per heavy atom. The molecule has 0 radical (unpaired) electrons. The lowest BCUT2D eigenvalue weighted by atomic mass is 10.0. The van der Waals surface area contributed by atoms with Crippen LogP contribution in [0, 0.1) is 0 Å². The minimum Gasteiger partial charge on any atom is -0.334 e. The van der Waals surface area contributed by atoms with Crippen LogP contribution >= 0.6 is 0 Å². The van der Waals surface area contributed by atoms with Crippen LogP contribution < -0.4 is 4.90 Å². The smallest absolute Gasteiger partial charge is 0.134 e. The first-order chi connectivity index (χ1) is 11.5. The normalized spacial score (nSPS) is 12.5. The van der Waals surface area contributed by atoms with Crippen molar-refractivity contribution in [3.05, 3.63) is 42.1 Å². The maximum Gasteiger partial charge on any atom is 0.134 e. The molecule has 0 amide bonds. The Balaban J connectivity index is 2.01. The first-order valence-corrected chi connectivity index (χ1v) is 8.54. The molecular weight excluding hydrogens is 298 g/mol. The van der Waals surface area contributed by atoms with E-state index in [4.69, 9.17) is 0 Å². The summed E-state index contributed by atoms with van der Waals surface area (Å²) in [5.74, 6) is 1.39. The number of nitrogens with zero attached hydrogens (tertiary/aromatic N) is 5. The van der Waals surface area contributed by atoms with E-state index in [9.17, 15) is 0 Å². The van der Waals surface area contributed by atoms with E-state index < -0.39 is 0 Å². The largest absolute Gasteiger partial charge is 0.334 e. The first-order valence-electron chi connectivity index (χ1n) is 8.54. The van der Waals surface area contributed by atoms with E-state index in [-0.39, 0.29) is 0 Å². The van der Waals surface area contributed by atoms with Gasteiger partial charge in [0.2, 0.25) is 0 Å². The number of imidazole rings is 1. The molecule has 3 aromatic rings. The molecule has 0 N–H and O–H groups in total. The Morgan fingerprint density at radius 3 is 2.62 bits per heavy atom. The number of aryl methyl sites for hydroxylation is 2. The Hall–Kier alpha value is -2.43. The molecule has 3 aromatic heterocycles. The van der Waals surface area contributed by atoms with E-state index in [2.05, 4.69) is 52.8 Å². The number of hydrogen-bond donors (Lipinski definition) is 0. The van der Waals surface area contributed by atoms with Gasteiger partial charge in [-0.25, -0.2) is 9.97 Å². The topological polar surface area (TPSA) is 46.8 Å². The molecule has 0 saturated carbocycles. The predicted octanol–water partition coefficient (Wildman–Crippen LogP) is 4.21. The van der Waals surface area contributed by atoms with Crippen LogP contribution in [0.5, 0.6) is 0 Å². The van der Waals surface area contributed by atoms with Crippen LogP contribution in [0.2, 0.25) is 0 Å². The van der Waals surface area contributed by atoms with Crippen LogP contribution in [0.15, 0.2) is 30.9 Å². The van der Waals surface area contributed by atoms with E-state index in [1.165, 1.54) is 11.3 Å². The lowest BCUT2D eigenvalue weighted by Crippen LogP contribution is -2.14. The third kappa shape index (κ3) is 2.86. The molecule has 0 bridgehead atoms. The highest BCUT2D eigenvalue weighted by atomic mass is 15.2. The minimum absolute atomic E-state index is 0.485. The molecule has 0 aliphatic heterocycles. The van der Waals surface area contributed by atoms with Crippen LogP contribution in [-0.2, 0) is 13.5 Å². The average molecular weight is 323 g/mol. The van der Waals surface area contributed by atoms with Gasteiger partial charge >= 0.3 is 0 Å². The van der Waals surface area contributed by atoms with Gasteiger partial charge in [0.05, 0.1) is 29.9 Å². The Morgan fingerprint density at radius 1 is 1.12 bits per heavy atom. The number of rotatable bonds is 5. The highest BCUT2D eigenvalue weighted by Gasteiger charge is 2.14. The van der Waals surface area contributed by atoms with Crippen molar-refractivity contribution in [1.29, 1.82) is 0 Å². The van der Waals surface area contributed by atoms with Gasteiger partial charge in [-0.05, 0) is 30.4 Å². The van der Waals surface area contributed by atoms with Crippen LogP contribution in [-0.4, -0.2) is 26.6 Å². The fourth-order valence-corrected chi connectivity index (χ4v) is 2.90. The zero-order chi connectivity index (χ0) is 17.3. The average Bonchev–Trinajstić information content (AvgIpc) is 3.00. The van der Waals surface area contributed by atoms with Crippen LogP contribution in [0.25, 0.3) is 11.0 Å². The summed E-state index contributed by atoms with van der Waals surface area (Å²) in [6.07, 6.45) is 7.70. The van der Waals surface area contributed by atoms with Crippen LogP contribution in [0.1, 0.15) is 44.4 Å². The van der Waals surface area contributed by atoms with Gasteiger partial charge in [-0.15, -0.1) is 0 Å². The fraction of sp³-hybridized carbons (Fsp3) is 0.421. The Bertz CT molecular complexity index is 852. The third-order valence-corrected chi connectivity index (χ3v) is 4.79. The van der Waals surface area contributed by atoms with Crippen molar-refractivity contribution in [3.63, 3.8) is 0 Å². The van der Waals surface area contributed by atoms with Gasteiger partial charge in [-0.3, -0.25) is 4.98 Å². The molecule has 24 heavy (non-hydrogen) atoms. The summed E-state index contributed by atoms with van der Waals surface area (Å²) in [6.45, 7) is 6.61. The molecule has 5 heteroatoms. The molecule has 0 aliphatic carbocycles. The first kappa shape index (κ1) is 16.4. The molecule has 0 spiro atoms. The van der Waals surface area contributed by atoms with Crippen LogP contribution in [0.4, 0.5) is 11.5 Å². The molecule has 3 heterocycles. The lowest BCUT2D eigenvalue weighted by molar-refractivity contribution is 0.706. The molecule has 0 aliphatic rings. The Labute approximate surface area is 143 Å². The summed E-state index contributed by atoms with van der Waals surface area (Å²) >= 11 is 0. The van der Waals surface area contributed by atoms with Crippen molar-refractivity contribution < 1.29 is 0 Å². The minimum atomic E-state index is 0.485. The molecule has 3 rings (SSSR count). The van der Waals surface area contributed by atoms with Gasteiger partial charge in [0.25, 0.3) is 0 Å². The molecule has 1 unspecified atom stereocenters. The van der Waals surface area contributed by atoms with Crippen molar-refractivity contribution in [2.45, 2.75) is 39.5 Å². The summed E-state index contributed by atoms with van der Waals surface area (Å²) in [5.41, 5.74) is 5.57. The van der Waals surface area contributed by atoms with Gasteiger partial charge in [0.15, 0.2) is 0 Å². The standard InChI is InChI=1S/C19H25N5/c1-6-13(3)15-8-14(7-2)18(11-20-15)24(5)19-9-17-16(10-21-19)22-12-23(17)4/h8-13H,6-7H2,1-5H3. The van der Waals surface area contributed by atoms with Crippen molar-refractivity contribution in [3.8, 4) is 0 Å². The highest BCUT2D eigenvalue weighted by molar-refractivity contribution is 5.79. The molecule has 5 nitrogen and oxygen atoms in total. The SMILES string of the molecule is CCc1cc(C(C)CC)ncc1N(C)c1cc2c(cn1)ncn2C. The Kier molecular flexibility index (Phi) is 4.51. The van der Waals surface area contributed by atoms with Crippen molar-refractivity contribution in [1.82, 2.24) is 19.5 Å². The molecular formula is C19H25N5. The van der Waals surface area contributed by atoms with E-state index in [1.807, 2.05) is 37.4 Å². The molecule has 0 saturated heterocycles. The van der Waals surface area contributed by atoms with E-state index in [1.54, 1.807) is 0 Å². The third-order valence-electron chi connectivity index (χ3n) is 4.79. The van der Waals surface area contributed by atoms with Crippen LogP contribution in [0.3, 0.4) is 0 Å². The molecule has 1 atom stereocenters. The summed E-state index contributed by atoms with van der Waals surface area (Å²) in [4.78, 5) is 15.7. The number of pyridine rings is 2. The van der Waals surface area contributed by atoms with Gasteiger partial charge in [0.1, 0.15) is 11.3 Å². The monoisotopic (exact) mass is 323 g/mol. The number of hydrogen-bond acceptors (Lipinski definition) is 4. The second-order valence-electron chi connectivity index (χ2n) is 6.35. The van der Waals surface area contributed by atoms with Gasteiger partial charge < -0.3 is 9.47 Å². The maximum atomic E-state index is 4.69. The lowest BCUT2D eigenvalue weighted by Gasteiger charge is -2.22. The summed E-state index contributed by atoms with van der Waals surface area (Å²) in [6, 6.07) is 4.31. The van der Waals surface area contributed by atoms with Gasteiger partial charge in [-0.1, -0.05) is 20.8 Å². The number of fused-ring (bicyclic) bond motifs is 1. The second kappa shape index (κ2) is 6.59. The van der Waals surface area contributed by atoms with Gasteiger partial charge in [0, 0.05) is 25.9 Å². The molecule has 0 aromatic carbocycles. The van der Waals surface area contributed by atoms with E-state index in [0.717, 1.165) is 35.4 Å². The maximum absolute atomic E-state index is 4.69. The van der Waals surface area contributed by atoms with Crippen molar-refractivity contribution >= 4 is 22.5 Å². The van der Waals surface area contributed by atoms with Gasteiger partial charge in [-0.2, -0.15) is 0 Å². The second-order valence-corrected chi connectivity index (χ2v) is 6.35. The summed E-state index contributed by atoms with van der Waals surface area (Å²) in [5, 5.41) is 0. The predicted molar refractivity (Wildman–Crippen MR) is 98.9 cm³/mol.